The van der Waals surface area contributed by atoms with E-state index in [9.17, 15) is 0 Å². The maximum absolute atomic E-state index is 5.83. The van der Waals surface area contributed by atoms with Crippen molar-refractivity contribution in [1.82, 2.24) is 4.98 Å². The van der Waals surface area contributed by atoms with Crippen LogP contribution in [0.25, 0.3) is 22.2 Å². The van der Waals surface area contributed by atoms with Crippen LogP contribution in [-0.2, 0) is 5.75 Å². The number of aryl methyl sites for hydroxylation is 1. The quantitative estimate of drug-likeness (QED) is 0.423. The summed E-state index contributed by atoms with van der Waals surface area (Å²) >= 11 is 1.79. The van der Waals surface area contributed by atoms with Crippen molar-refractivity contribution in [2.75, 3.05) is 0 Å². The number of hydrogen-bond donors (Lipinski definition) is 0. The first-order valence-electron chi connectivity index (χ1n) is 7.93. The number of oxazole rings is 1. The molecule has 3 aromatic carbocycles. The van der Waals surface area contributed by atoms with Crippen molar-refractivity contribution in [1.29, 1.82) is 0 Å². The van der Waals surface area contributed by atoms with Crippen molar-refractivity contribution >= 4 is 22.5 Å². The first-order chi connectivity index (χ1) is 11.8. The maximum Gasteiger partial charge on any atom is 0.226 e. The van der Waals surface area contributed by atoms with Crippen molar-refractivity contribution in [2.24, 2.45) is 0 Å². The molecule has 0 saturated carbocycles. The first-order valence-corrected chi connectivity index (χ1v) is 8.91. The van der Waals surface area contributed by atoms with Gasteiger partial charge in [0.15, 0.2) is 0 Å². The van der Waals surface area contributed by atoms with E-state index in [0.717, 1.165) is 22.8 Å². The van der Waals surface area contributed by atoms with Gasteiger partial charge in [0, 0.05) is 16.2 Å². The fraction of sp³-hybridized carbons (Fsp3) is 0.0952. The summed E-state index contributed by atoms with van der Waals surface area (Å²) in [5.74, 6) is 2.39. The van der Waals surface area contributed by atoms with Gasteiger partial charge < -0.3 is 4.42 Å². The molecule has 118 valence electrons. The fourth-order valence-electron chi connectivity index (χ4n) is 2.68. The van der Waals surface area contributed by atoms with E-state index in [4.69, 9.17) is 4.42 Å². The lowest BCUT2D eigenvalue weighted by molar-refractivity contribution is 0.540. The number of aromatic nitrogens is 1. The Hall–Kier alpha value is -2.52. The van der Waals surface area contributed by atoms with Crippen LogP contribution >= 0.6 is 11.8 Å². The molecule has 4 rings (SSSR count). The summed E-state index contributed by atoms with van der Waals surface area (Å²) in [7, 11) is 0. The average molecular weight is 331 g/mol. The van der Waals surface area contributed by atoms with Crippen LogP contribution < -0.4 is 0 Å². The second-order valence-corrected chi connectivity index (χ2v) is 6.73. The maximum atomic E-state index is 5.83. The fourth-order valence-corrected chi connectivity index (χ4v) is 3.62. The highest BCUT2D eigenvalue weighted by Gasteiger charge is 2.11. The van der Waals surface area contributed by atoms with Crippen LogP contribution in [-0.4, -0.2) is 4.98 Å². The van der Waals surface area contributed by atoms with Gasteiger partial charge in [-0.05, 0) is 42.0 Å². The Morgan fingerprint density at radius 2 is 1.62 bits per heavy atom. The van der Waals surface area contributed by atoms with Gasteiger partial charge in [0.25, 0.3) is 0 Å². The molecule has 0 saturated heterocycles. The lowest BCUT2D eigenvalue weighted by Gasteiger charge is -2.02. The highest BCUT2D eigenvalue weighted by atomic mass is 32.2. The first kappa shape index (κ1) is 15.0. The summed E-state index contributed by atoms with van der Waals surface area (Å²) in [6, 6.07) is 25.0. The number of fused-ring (bicyclic) bond motifs is 1. The highest BCUT2D eigenvalue weighted by Crippen LogP contribution is 2.29. The summed E-state index contributed by atoms with van der Waals surface area (Å²) in [5.41, 5.74) is 2.02. The van der Waals surface area contributed by atoms with Gasteiger partial charge in [0.1, 0.15) is 5.76 Å². The molecular weight excluding hydrogens is 314 g/mol. The molecule has 1 aromatic heterocycles. The van der Waals surface area contributed by atoms with Crippen molar-refractivity contribution in [3.8, 4) is 11.5 Å². The van der Waals surface area contributed by atoms with Gasteiger partial charge in [-0.1, -0.05) is 48.5 Å². The van der Waals surface area contributed by atoms with E-state index >= 15 is 0 Å². The molecule has 0 radical (unpaired) electrons. The van der Waals surface area contributed by atoms with E-state index in [0.29, 0.717) is 5.89 Å². The summed E-state index contributed by atoms with van der Waals surface area (Å²) in [5, 5.41) is 2.54. The van der Waals surface area contributed by atoms with Gasteiger partial charge in [0.05, 0.1) is 5.69 Å². The van der Waals surface area contributed by atoms with Gasteiger partial charge in [-0.25, -0.2) is 4.98 Å². The molecular formula is C21H17NOS. The molecule has 24 heavy (non-hydrogen) atoms. The predicted octanol–water partition coefficient (Wildman–Crippen LogP) is 6.10. The minimum Gasteiger partial charge on any atom is -0.441 e. The summed E-state index contributed by atoms with van der Waals surface area (Å²) < 4.78 is 5.83. The minimum absolute atomic E-state index is 0.696. The molecule has 0 aliphatic rings. The predicted molar refractivity (Wildman–Crippen MR) is 100 cm³/mol. The zero-order valence-corrected chi connectivity index (χ0v) is 14.2. The zero-order valence-electron chi connectivity index (χ0n) is 13.4. The topological polar surface area (TPSA) is 26.0 Å². The van der Waals surface area contributed by atoms with E-state index in [-0.39, 0.29) is 0 Å². The minimum atomic E-state index is 0.696. The van der Waals surface area contributed by atoms with Gasteiger partial charge in [0.2, 0.25) is 5.89 Å². The van der Waals surface area contributed by atoms with Crippen LogP contribution in [0.1, 0.15) is 11.5 Å². The number of thioether (sulfide) groups is 1. The van der Waals surface area contributed by atoms with Crippen molar-refractivity contribution in [2.45, 2.75) is 17.6 Å². The van der Waals surface area contributed by atoms with E-state index in [1.54, 1.807) is 11.8 Å². The largest absolute Gasteiger partial charge is 0.441 e. The van der Waals surface area contributed by atoms with E-state index in [1.165, 1.54) is 15.7 Å². The van der Waals surface area contributed by atoms with E-state index in [1.807, 2.05) is 37.3 Å². The monoisotopic (exact) mass is 331 g/mol. The van der Waals surface area contributed by atoms with Crippen LogP contribution in [0.4, 0.5) is 0 Å². The molecule has 0 spiro atoms. The Labute approximate surface area is 145 Å². The molecule has 2 nitrogen and oxygen atoms in total. The third kappa shape index (κ3) is 3.08. The average Bonchev–Trinajstić information content (AvgIpc) is 3.01. The number of rotatable bonds is 4. The second kappa shape index (κ2) is 6.54. The van der Waals surface area contributed by atoms with Gasteiger partial charge >= 0.3 is 0 Å². The molecule has 0 atom stereocenters. The van der Waals surface area contributed by atoms with Crippen LogP contribution in [0.2, 0.25) is 0 Å². The highest BCUT2D eigenvalue weighted by molar-refractivity contribution is 7.98. The smallest absolute Gasteiger partial charge is 0.226 e. The van der Waals surface area contributed by atoms with Crippen LogP contribution in [0.15, 0.2) is 82.1 Å². The summed E-state index contributed by atoms with van der Waals surface area (Å²) in [6.07, 6.45) is 0. The standard InChI is InChI=1S/C21H17NOS/c1-15-20(22-21(23-15)17-8-3-2-4-9-17)14-24-19-12-11-16-7-5-6-10-18(16)13-19/h2-13H,14H2,1H3. The van der Waals surface area contributed by atoms with Crippen molar-refractivity contribution in [3.05, 3.63) is 84.3 Å². The zero-order chi connectivity index (χ0) is 16.4. The molecule has 0 bridgehead atoms. The second-order valence-electron chi connectivity index (χ2n) is 5.69. The van der Waals surface area contributed by atoms with Crippen molar-refractivity contribution < 1.29 is 4.42 Å². The van der Waals surface area contributed by atoms with Crippen LogP contribution in [0.3, 0.4) is 0 Å². The Morgan fingerprint density at radius 1 is 0.875 bits per heavy atom. The Bertz CT molecular complexity index is 975. The molecule has 0 aliphatic carbocycles. The van der Waals surface area contributed by atoms with Crippen LogP contribution in [0.5, 0.6) is 0 Å². The van der Waals surface area contributed by atoms with Gasteiger partial charge in [-0.2, -0.15) is 0 Å². The molecule has 0 amide bonds. The van der Waals surface area contributed by atoms with Gasteiger partial charge in [-0.3, -0.25) is 0 Å². The number of benzene rings is 3. The molecule has 0 aliphatic heterocycles. The summed E-state index contributed by atoms with van der Waals surface area (Å²) in [6.45, 7) is 1.98. The molecule has 0 fully saturated rings. The third-order valence-corrected chi connectivity index (χ3v) is 5.01. The Morgan fingerprint density at radius 3 is 2.46 bits per heavy atom. The summed E-state index contributed by atoms with van der Waals surface area (Å²) in [4.78, 5) is 5.92. The molecule has 0 unspecified atom stereocenters. The molecule has 4 aromatic rings. The number of nitrogens with zero attached hydrogens (tertiary/aromatic N) is 1. The molecule has 3 heteroatoms. The third-order valence-electron chi connectivity index (χ3n) is 4.01. The molecule has 0 N–H and O–H groups in total. The lowest BCUT2D eigenvalue weighted by Crippen LogP contribution is -1.85. The lowest BCUT2D eigenvalue weighted by atomic mass is 10.1. The van der Waals surface area contributed by atoms with E-state index < -0.39 is 0 Å². The Kier molecular flexibility index (Phi) is 4.09. The SMILES string of the molecule is Cc1oc(-c2ccccc2)nc1CSc1ccc2ccccc2c1. The van der Waals surface area contributed by atoms with Crippen LogP contribution in [0, 0.1) is 6.92 Å². The Balaban J connectivity index is 1.54. The van der Waals surface area contributed by atoms with Gasteiger partial charge in [-0.15, -0.1) is 11.8 Å². The van der Waals surface area contributed by atoms with E-state index in [2.05, 4.69) is 47.4 Å². The number of hydrogen-bond acceptors (Lipinski definition) is 3. The normalized spacial score (nSPS) is 11.0. The van der Waals surface area contributed by atoms with Crippen molar-refractivity contribution in [3.63, 3.8) is 0 Å². The molecule has 1 heterocycles.